The van der Waals surface area contributed by atoms with E-state index in [4.69, 9.17) is 47.4 Å². The van der Waals surface area contributed by atoms with Crippen molar-refractivity contribution in [3.63, 3.8) is 0 Å². The molecule has 0 aromatic heterocycles. The fourth-order valence-corrected chi connectivity index (χ4v) is 15.3. The van der Waals surface area contributed by atoms with Crippen LogP contribution in [0.2, 0.25) is 0 Å². The first-order chi connectivity index (χ1) is 34.3. The molecule has 0 aromatic carbocycles. The van der Waals surface area contributed by atoms with E-state index in [2.05, 4.69) is 33.8 Å². The first-order valence-electron chi connectivity index (χ1n) is 26.4. The number of ether oxygens (including phenoxy) is 10. The molecule has 10 aliphatic rings. The van der Waals surface area contributed by atoms with Gasteiger partial charge in [0.1, 0.15) is 91.6 Å². The van der Waals surface area contributed by atoms with E-state index in [1.807, 2.05) is 0 Å². The Hall–Kier alpha value is -1.14. The van der Waals surface area contributed by atoms with Crippen molar-refractivity contribution in [3.8, 4) is 0 Å². The van der Waals surface area contributed by atoms with Crippen LogP contribution >= 0.6 is 0 Å². The minimum Gasteiger partial charge on any atom is -0.394 e. The third-order valence-electron chi connectivity index (χ3n) is 19.4. The van der Waals surface area contributed by atoms with E-state index in [-0.39, 0.29) is 16.9 Å². The lowest BCUT2D eigenvalue weighted by molar-refractivity contribution is -0.403. The number of allylic oxidation sites excluding steroid dienone is 1. The zero-order valence-corrected chi connectivity index (χ0v) is 41.5. The van der Waals surface area contributed by atoms with Crippen molar-refractivity contribution in [2.75, 3.05) is 33.0 Å². The average molecular weight is 1030 g/mol. The van der Waals surface area contributed by atoms with Crippen LogP contribution < -0.4 is 0 Å². The topological polar surface area (TPSA) is 335 Å². The zero-order valence-electron chi connectivity index (χ0n) is 41.5. The van der Waals surface area contributed by atoms with Crippen LogP contribution in [0.5, 0.6) is 0 Å². The first-order valence-corrected chi connectivity index (χ1v) is 26.4. The van der Waals surface area contributed by atoms with Gasteiger partial charge >= 0.3 is 0 Å². The van der Waals surface area contributed by atoms with Gasteiger partial charge in [0.2, 0.25) is 0 Å². The molecule has 12 N–H and O–H groups in total. The molecule has 4 aliphatic carbocycles. The molecule has 6 aliphatic heterocycles. The minimum absolute atomic E-state index is 0.0473. The number of aliphatic hydroxyl groups excluding tert-OH is 12. The predicted molar refractivity (Wildman–Crippen MR) is 242 cm³/mol. The fraction of sp³-hybridized carbons (Fsp3) is 0.960. The molecule has 10 rings (SSSR count). The van der Waals surface area contributed by atoms with Gasteiger partial charge in [-0.2, -0.15) is 0 Å². The van der Waals surface area contributed by atoms with E-state index in [1.54, 1.807) is 0 Å². The molecule has 0 amide bonds. The molecule has 6 saturated heterocycles. The summed E-state index contributed by atoms with van der Waals surface area (Å²) < 4.78 is 61.3. The van der Waals surface area contributed by atoms with Crippen LogP contribution in [0.15, 0.2) is 11.6 Å². The third kappa shape index (κ3) is 9.18. The molecule has 1 unspecified atom stereocenters. The van der Waals surface area contributed by atoms with Gasteiger partial charge in [-0.05, 0) is 91.8 Å². The van der Waals surface area contributed by atoms with Crippen molar-refractivity contribution in [3.05, 3.63) is 11.6 Å². The molecule has 30 atom stereocenters. The molecule has 1 spiro atoms. The van der Waals surface area contributed by atoms with E-state index < -0.39 is 155 Å². The molecule has 0 radical (unpaired) electrons. The van der Waals surface area contributed by atoms with Crippen molar-refractivity contribution in [1.29, 1.82) is 0 Å². The maximum Gasteiger partial charge on any atom is 0.187 e. The Bertz CT molecular complexity index is 1890. The van der Waals surface area contributed by atoms with Gasteiger partial charge in [0.15, 0.2) is 30.9 Å². The number of hydrogen-bond donors (Lipinski definition) is 12. The van der Waals surface area contributed by atoms with Gasteiger partial charge < -0.3 is 109 Å². The highest BCUT2D eigenvalue weighted by Crippen LogP contribution is 2.70. The largest absolute Gasteiger partial charge is 0.394 e. The number of fused-ring (bicyclic) bond motifs is 7. The van der Waals surface area contributed by atoms with Crippen molar-refractivity contribution >= 4 is 0 Å². The van der Waals surface area contributed by atoms with Crippen molar-refractivity contribution in [2.24, 2.45) is 46.3 Å². The van der Waals surface area contributed by atoms with Gasteiger partial charge in [-0.15, -0.1) is 0 Å². The molecule has 22 heteroatoms. The van der Waals surface area contributed by atoms with Crippen molar-refractivity contribution < 1.29 is 109 Å². The van der Waals surface area contributed by atoms with E-state index >= 15 is 0 Å². The quantitative estimate of drug-likeness (QED) is 0.0964. The molecular weight excluding hydrogens is 953 g/mol. The summed E-state index contributed by atoms with van der Waals surface area (Å²) in [6.45, 7) is 7.28. The second-order valence-electron chi connectivity index (χ2n) is 23.5. The van der Waals surface area contributed by atoms with Gasteiger partial charge in [-0.1, -0.05) is 39.3 Å². The molecular formula is C50H80O22. The third-order valence-corrected chi connectivity index (χ3v) is 19.4. The molecule has 9 fully saturated rings. The number of aliphatic hydroxyl groups is 12. The van der Waals surface area contributed by atoms with Crippen molar-refractivity contribution in [1.82, 2.24) is 0 Å². The standard InChI is InChI=1S/C50H80O22/c1-20-7-12-50(64-18-20)21(2)32-28(72-50)14-26-24-6-5-22-13-23(8-10-48(22,3)25(24)9-11-49(26,32)4)65-45-40(62)37(59)41(31(17-53)68-45)69-47-43(71-46-39(61)36(58)34(56)29(15-51)66-46)42(35(57)30(16-52)67-47)70-44-38(60)33(55)27(54)19-63-44/h5,20-21,23-47,51-62H,6-19H2,1-4H3/t20?,21-,23-,24+,25-,26-,27+,28-,29+,30+,31+,32-,33-,34+,35+,36-,37+,38+,39+,40+,41-,42-,43+,44-,45+,46-,47-,48-,49-,50+/m0/s1. The normalized spacial score (nSPS) is 56.7. The summed E-state index contributed by atoms with van der Waals surface area (Å²) in [5.41, 5.74) is 1.44. The zero-order chi connectivity index (χ0) is 51.3. The lowest BCUT2D eigenvalue weighted by Gasteiger charge is -2.58. The van der Waals surface area contributed by atoms with Gasteiger partial charge in [-0.25, -0.2) is 0 Å². The summed E-state index contributed by atoms with van der Waals surface area (Å²) >= 11 is 0. The average Bonchev–Trinajstić information content (AvgIpc) is 3.82. The Morgan fingerprint density at radius 3 is 1.94 bits per heavy atom. The molecule has 3 saturated carbocycles. The summed E-state index contributed by atoms with van der Waals surface area (Å²) in [6, 6.07) is 0. The summed E-state index contributed by atoms with van der Waals surface area (Å²) in [5, 5.41) is 129. The predicted octanol–water partition coefficient (Wildman–Crippen LogP) is -2.35. The van der Waals surface area contributed by atoms with Crippen LogP contribution in [0.4, 0.5) is 0 Å². The van der Waals surface area contributed by atoms with Gasteiger partial charge in [0.05, 0.1) is 45.2 Å². The summed E-state index contributed by atoms with van der Waals surface area (Å²) in [6.07, 6.45) is -22.3. The minimum atomic E-state index is -2.00. The Labute approximate surface area is 419 Å². The molecule has 22 nitrogen and oxygen atoms in total. The van der Waals surface area contributed by atoms with Crippen LogP contribution in [-0.2, 0) is 47.4 Å². The molecule has 0 aromatic rings. The molecule has 72 heavy (non-hydrogen) atoms. The van der Waals surface area contributed by atoms with Crippen LogP contribution in [0.25, 0.3) is 0 Å². The van der Waals surface area contributed by atoms with Crippen LogP contribution in [0.1, 0.15) is 85.5 Å². The molecule has 0 bridgehead atoms. The highest BCUT2D eigenvalue weighted by Gasteiger charge is 2.69. The van der Waals surface area contributed by atoms with Crippen molar-refractivity contribution in [2.45, 2.75) is 220 Å². The Balaban J connectivity index is 0.826. The fourth-order valence-electron chi connectivity index (χ4n) is 15.3. The Kier molecular flexibility index (Phi) is 15.7. The second kappa shape index (κ2) is 20.9. The SMILES string of the molecule is CC1CC[C@@]2(OC1)O[C@H]1C[C@H]3[C@@H]4CC=C5C[C@@H](O[C@@H]6O[C@H](CO)[C@H](O[C@@H]7O[C@H](CO)[C@@H](O)[C@H](O[C@@H]8OC[C@@H](O)[C@H](O)[C@H]8O)[C@H]7O[C@@H]7O[C@H](CO)[C@@H](O)[C@H](O)[C@H]7O)[C@H](O)[C@H]6O)CC[C@]5(C)[C@H]4CC[C@]3(C)[C@H]1[C@@H]2C. The van der Waals surface area contributed by atoms with E-state index in [0.29, 0.717) is 48.3 Å². The smallest absolute Gasteiger partial charge is 0.187 e. The maximum atomic E-state index is 11.8. The van der Waals surface area contributed by atoms with Crippen LogP contribution in [-0.4, -0.2) is 229 Å². The Morgan fingerprint density at radius 2 is 1.24 bits per heavy atom. The second-order valence-corrected chi connectivity index (χ2v) is 23.5. The van der Waals surface area contributed by atoms with Crippen LogP contribution in [0.3, 0.4) is 0 Å². The van der Waals surface area contributed by atoms with E-state index in [9.17, 15) is 61.3 Å². The van der Waals surface area contributed by atoms with E-state index in [1.165, 1.54) is 5.57 Å². The van der Waals surface area contributed by atoms with Gasteiger partial charge in [-0.3, -0.25) is 0 Å². The summed E-state index contributed by atoms with van der Waals surface area (Å²) in [7, 11) is 0. The number of rotatable bonds is 11. The molecule has 6 heterocycles. The lowest BCUT2D eigenvalue weighted by Crippen LogP contribution is -2.68. The molecule has 412 valence electrons. The first kappa shape index (κ1) is 54.2. The van der Waals surface area contributed by atoms with Gasteiger partial charge in [0.25, 0.3) is 0 Å². The summed E-state index contributed by atoms with van der Waals surface area (Å²) in [4.78, 5) is 0. The van der Waals surface area contributed by atoms with Crippen LogP contribution in [0, 0.1) is 46.3 Å². The van der Waals surface area contributed by atoms with Gasteiger partial charge in [0, 0.05) is 12.3 Å². The maximum absolute atomic E-state index is 11.8. The highest BCUT2D eigenvalue weighted by atomic mass is 16.8. The summed E-state index contributed by atoms with van der Waals surface area (Å²) in [5.74, 6) is 2.46. The highest BCUT2D eigenvalue weighted by molar-refractivity contribution is 5.26. The number of hydrogen-bond acceptors (Lipinski definition) is 22. The van der Waals surface area contributed by atoms with E-state index in [0.717, 1.165) is 51.6 Å². The monoisotopic (exact) mass is 1030 g/mol. The Morgan fingerprint density at radius 1 is 0.597 bits per heavy atom. The lowest BCUT2D eigenvalue weighted by atomic mass is 9.47.